The van der Waals surface area contributed by atoms with Crippen LogP contribution < -0.4 is 10.5 Å². The molecule has 4 nitrogen and oxygen atoms in total. The minimum Gasteiger partial charge on any atom is -0.475 e. The van der Waals surface area contributed by atoms with Crippen molar-refractivity contribution in [3.8, 4) is 11.9 Å². The first-order valence-corrected chi connectivity index (χ1v) is 6.99. The first-order chi connectivity index (χ1) is 9.14. The van der Waals surface area contributed by atoms with E-state index in [4.69, 9.17) is 27.3 Å². The smallest absolute Gasteiger partial charge is 0.233 e. The van der Waals surface area contributed by atoms with Gasteiger partial charge in [0.25, 0.3) is 0 Å². The van der Waals surface area contributed by atoms with E-state index in [1.165, 1.54) is 19.0 Å². The molecular formula is C14H18ClN3O. The van der Waals surface area contributed by atoms with Crippen LogP contribution in [0.15, 0.2) is 12.3 Å². The third kappa shape index (κ3) is 3.59. The Morgan fingerprint density at radius 3 is 2.68 bits per heavy atom. The van der Waals surface area contributed by atoms with Gasteiger partial charge in [0.05, 0.1) is 11.1 Å². The van der Waals surface area contributed by atoms with Crippen LogP contribution in [0.3, 0.4) is 0 Å². The summed E-state index contributed by atoms with van der Waals surface area (Å²) < 4.78 is 5.66. The molecule has 0 amide bonds. The molecule has 2 rings (SSSR count). The van der Waals surface area contributed by atoms with Crippen molar-refractivity contribution in [3.63, 3.8) is 0 Å². The number of hydrogen-bond acceptors (Lipinski definition) is 4. The maximum atomic E-state index is 8.91. The highest BCUT2D eigenvalue weighted by Crippen LogP contribution is 2.29. The van der Waals surface area contributed by atoms with Gasteiger partial charge in [-0.1, -0.05) is 37.3 Å². The maximum Gasteiger partial charge on any atom is 0.233 e. The second-order valence-corrected chi connectivity index (χ2v) is 5.53. The van der Waals surface area contributed by atoms with Crippen LogP contribution in [-0.2, 0) is 0 Å². The van der Waals surface area contributed by atoms with Crippen molar-refractivity contribution in [1.29, 1.82) is 5.26 Å². The standard InChI is InChI=1S/C14H18ClN3O/c15-12-11(9-16)5-8-18-13(12)19-10-14(17)6-3-1-2-4-7-14/h5,8H,1-4,6-7,10,17H2. The molecule has 1 aromatic rings. The summed E-state index contributed by atoms with van der Waals surface area (Å²) in [6.45, 7) is 0.397. The first kappa shape index (κ1) is 14.1. The molecule has 102 valence electrons. The van der Waals surface area contributed by atoms with Crippen LogP contribution in [0.1, 0.15) is 44.1 Å². The Hall–Kier alpha value is -1.31. The third-order valence-corrected chi connectivity index (χ3v) is 3.94. The maximum absolute atomic E-state index is 8.91. The summed E-state index contributed by atoms with van der Waals surface area (Å²) in [5, 5.41) is 9.17. The molecule has 19 heavy (non-hydrogen) atoms. The molecule has 1 aromatic heterocycles. The van der Waals surface area contributed by atoms with Crippen molar-refractivity contribution in [2.45, 2.75) is 44.1 Å². The zero-order valence-corrected chi connectivity index (χ0v) is 11.6. The van der Waals surface area contributed by atoms with Gasteiger partial charge in [-0.05, 0) is 18.9 Å². The molecule has 0 saturated heterocycles. The van der Waals surface area contributed by atoms with E-state index in [1.807, 2.05) is 6.07 Å². The van der Waals surface area contributed by atoms with Gasteiger partial charge in [-0.2, -0.15) is 5.26 Å². The van der Waals surface area contributed by atoms with Crippen LogP contribution in [0.2, 0.25) is 5.02 Å². The predicted octanol–water partition coefficient (Wildman–Crippen LogP) is 3.04. The van der Waals surface area contributed by atoms with Crippen LogP contribution in [0.5, 0.6) is 5.88 Å². The molecule has 0 unspecified atom stereocenters. The molecule has 2 N–H and O–H groups in total. The van der Waals surface area contributed by atoms with Crippen LogP contribution in [0.25, 0.3) is 0 Å². The Morgan fingerprint density at radius 2 is 2.05 bits per heavy atom. The number of nitrogens with zero attached hydrogens (tertiary/aromatic N) is 2. The quantitative estimate of drug-likeness (QED) is 0.863. The number of nitrogens with two attached hydrogens (primary N) is 1. The topological polar surface area (TPSA) is 71.9 Å². The van der Waals surface area contributed by atoms with Crippen molar-refractivity contribution >= 4 is 11.6 Å². The third-order valence-electron chi connectivity index (χ3n) is 3.57. The minimum absolute atomic E-state index is 0.266. The second kappa shape index (κ2) is 6.23. The van der Waals surface area contributed by atoms with Gasteiger partial charge in [0.1, 0.15) is 17.7 Å². The summed E-state index contributed by atoms with van der Waals surface area (Å²) in [5.41, 5.74) is 6.44. The van der Waals surface area contributed by atoms with Crippen LogP contribution in [0.4, 0.5) is 0 Å². The van der Waals surface area contributed by atoms with Crippen LogP contribution >= 0.6 is 11.6 Å². The fraction of sp³-hybridized carbons (Fsp3) is 0.571. The van der Waals surface area contributed by atoms with E-state index >= 15 is 0 Å². The Bertz CT molecular complexity index is 476. The number of aromatic nitrogens is 1. The number of pyridine rings is 1. The second-order valence-electron chi connectivity index (χ2n) is 5.15. The van der Waals surface area contributed by atoms with Crippen molar-refractivity contribution in [2.24, 2.45) is 5.73 Å². The average molecular weight is 280 g/mol. The van der Waals surface area contributed by atoms with Gasteiger partial charge in [-0.25, -0.2) is 4.98 Å². The Kier molecular flexibility index (Phi) is 4.62. The Labute approximate surface area is 118 Å². The minimum atomic E-state index is -0.301. The number of rotatable bonds is 3. The summed E-state index contributed by atoms with van der Waals surface area (Å²) >= 11 is 6.05. The Morgan fingerprint density at radius 1 is 1.37 bits per heavy atom. The van der Waals surface area contributed by atoms with Crippen LogP contribution in [-0.4, -0.2) is 17.1 Å². The van der Waals surface area contributed by atoms with Crippen LogP contribution in [0, 0.1) is 11.3 Å². The van der Waals surface area contributed by atoms with Gasteiger partial charge in [0, 0.05) is 6.20 Å². The van der Waals surface area contributed by atoms with Gasteiger partial charge in [-0.3, -0.25) is 0 Å². The molecule has 1 heterocycles. The van der Waals surface area contributed by atoms with Crippen molar-refractivity contribution in [2.75, 3.05) is 6.61 Å². The zero-order valence-electron chi connectivity index (χ0n) is 10.9. The molecule has 1 saturated carbocycles. The SMILES string of the molecule is N#Cc1ccnc(OCC2(N)CCCCCC2)c1Cl. The largest absolute Gasteiger partial charge is 0.475 e. The summed E-state index contributed by atoms with van der Waals surface area (Å²) in [7, 11) is 0. The fourth-order valence-electron chi connectivity index (χ4n) is 2.40. The van der Waals surface area contributed by atoms with E-state index in [2.05, 4.69) is 4.98 Å². The van der Waals surface area contributed by atoms with Crippen molar-refractivity contribution in [3.05, 3.63) is 22.8 Å². The van der Waals surface area contributed by atoms with E-state index in [0.29, 0.717) is 18.1 Å². The first-order valence-electron chi connectivity index (χ1n) is 6.61. The molecule has 1 fully saturated rings. The number of hydrogen-bond donors (Lipinski definition) is 1. The molecule has 1 aliphatic carbocycles. The monoisotopic (exact) mass is 279 g/mol. The lowest BCUT2D eigenvalue weighted by molar-refractivity contribution is 0.193. The van der Waals surface area contributed by atoms with Gasteiger partial charge in [0.15, 0.2) is 0 Å². The highest BCUT2D eigenvalue weighted by atomic mass is 35.5. The summed E-state index contributed by atoms with van der Waals surface area (Å²) in [6, 6.07) is 3.58. The van der Waals surface area contributed by atoms with E-state index < -0.39 is 0 Å². The van der Waals surface area contributed by atoms with E-state index in [1.54, 1.807) is 6.07 Å². The lowest BCUT2D eigenvalue weighted by Crippen LogP contribution is -2.45. The molecule has 1 aliphatic rings. The summed E-state index contributed by atoms with van der Waals surface area (Å²) in [4.78, 5) is 4.06. The summed E-state index contributed by atoms with van der Waals surface area (Å²) in [5.74, 6) is 0.301. The normalized spacial score (nSPS) is 18.4. The average Bonchev–Trinajstić information content (AvgIpc) is 2.63. The predicted molar refractivity (Wildman–Crippen MR) is 74.1 cm³/mol. The number of halogens is 1. The van der Waals surface area contributed by atoms with Crippen molar-refractivity contribution < 1.29 is 4.74 Å². The Balaban J connectivity index is 2.04. The molecule has 0 aromatic carbocycles. The fourth-order valence-corrected chi connectivity index (χ4v) is 2.61. The summed E-state index contributed by atoms with van der Waals surface area (Å²) in [6.07, 6.45) is 8.20. The molecule has 0 atom stereocenters. The van der Waals surface area contributed by atoms with Gasteiger partial charge in [-0.15, -0.1) is 0 Å². The number of ether oxygens (including phenoxy) is 1. The van der Waals surface area contributed by atoms with E-state index in [0.717, 1.165) is 25.7 Å². The zero-order chi connectivity index (χ0) is 13.7. The van der Waals surface area contributed by atoms with Gasteiger partial charge >= 0.3 is 0 Å². The molecular weight excluding hydrogens is 262 g/mol. The number of nitriles is 1. The highest BCUT2D eigenvalue weighted by molar-refractivity contribution is 6.32. The molecule has 0 spiro atoms. The molecule has 0 aliphatic heterocycles. The van der Waals surface area contributed by atoms with E-state index in [9.17, 15) is 0 Å². The molecule has 5 heteroatoms. The van der Waals surface area contributed by atoms with Gasteiger partial charge < -0.3 is 10.5 Å². The molecule has 0 bridgehead atoms. The lowest BCUT2D eigenvalue weighted by Gasteiger charge is -2.27. The molecule has 0 radical (unpaired) electrons. The van der Waals surface area contributed by atoms with Gasteiger partial charge in [0.2, 0.25) is 5.88 Å². The van der Waals surface area contributed by atoms with E-state index in [-0.39, 0.29) is 10.6 Å². The lowest BCUT2D eigenvalue weighted by atomic mass is 9.93. The highest BCUT2D eigenvalue weighted by Gasteiger charge is 2.27. The van der Waals surface area contributed by atoms with Crippen molar-refractivity contribution in [1.82, 2.24) is 4.98 Å².